The van der Waals surface area contributed by atoms with Crippen LogP contribution >= 0.6 is 0 Å². The van der Waals surface area contributed by atoms with E-state index in [2.05, 4.69) is 16.0 Å². The van der Waals surface area contributed by atoms with Crippen molar-refractivity contribution in [3.8, 4) is 0 Å². The second-order valence-corrected chi connectivity index (χ2v) is 6.17. The summed E-state index contributed by atoms with van der Waals surface area (Å²) >= 11 is 0. The fourth-order valence-electron chi connectivity index (χ4n) is 2.55. The van der Waals surface area contributed by atoms with Gasteiger partial charge in [0.05, 0.1) is 12.6 Å². The lowest BCUT2D eigenvalue weighted by Gasteiger charge is -2.17. The van der Waals surface area contributed by atoms with Gasteiger partial charge in [-0.2, -0.15) is 0 Å². The Morgan fingerprint density at radius 1 is 0.960 bits per heavy atom. The Hall–Kier alpha value is -2.82. The second kappa shape index (κ2) is 8.87. The first kappa shape index (κ1) is 18.5. The van der Waals surface area contributed by atoms with E-state index in [1.54, 1.807) is 0 Å². The van der Waals surface area contributed by atoms with Crippen molar-refractivity contribution in [2.24, 2.45) is 0 Å². The van der Waals surface area contributed by atoms with E-state index in [4.69, 9.17) is 0 Å². The number of aryl methyl sites for hydroxylation is 2. The zero-order valence-electron chi connectivity index (χ0n) is 14.9. The fraction of sp³-hybridized carbons (Fsp3) is 0.300. The number of amides is 3. The molecule has 3 amide bonds. The summed E-state index contributed by atoms with van der Waals surface area (Å²) in [7, 11) is 0. The molecule has 2 rings (SSSR count). The van der Waals surface area contributed by atoms with Gasteiger partial charge in [0, 0.05) is 6.54 Å². The van der Waals surface area contributed by atoms with E-state index in [-0.39, 0.29) is 24.5 Å². The third-order valence-electron chi connectivity index (χ3n) is 4.02. The Balaban J connectivity index is 1.73. The number of urea groups is 1. The van der Waals surface area contributed by atoms with E-state index in [0.717, 1.165) is 16.7 Å². The van der Waals surface area contributed by atoms with Crippen LogP contribution < -0.4 is 16.0 Å². The molecule has 0 spiro atoms. The molecule has 2 aromatic carbocycles. The van der Waals surface area contributed by atoms with Crippen molar-refractivity contribution in [2.75, 3.05) is 6.54 Å². The molecule has 132 valence electrons. The van der Waals surface area contributed by atoms with Crippen molar-refractivity contribution in [3.05, 3.63) is 70.8 Å². The molecular formula is C20H25N3O2. The maximum absolute atomic E-state index is 12.0. The molecule has 0 saturated heterocycles. The second-order valence-electron chi connectivity index (χ2n) is 6.17. The number of benzene rings is 2. The minimum Gasteiger partial charge on any atom is -0.348 e. The van der Waals surface area contributed by atoms with E-state index in [1.165, 1.54) is 5.56 Å². The van der Waals surface area contributed by atoms with Gasteiger partial charge in [0.15, 0.2) is 0 Å². The molecule has 0 aliphatic rings. The smallest absolute Gasteiger partial charge is 0.315 e. The van der Waals surface area contributed by atoms with Crippen molar-refractivity contribution in [3.63, 3.8) is 0 Å². The van der Waals surface area contributed by atoms with Crippen molar-refractivity contribution in [2.45, 2.75) is 33.4 Å². The first-order valence-corrected chi connectivity index (χ1v) is 8.38. The van der Waals surface area contributed by atoms with Crippen molar-refractivity contribution >= 4 is 11.9 Å². The van der Waals surface area contributed by atoms with E-state index in [1.807, 2.05) is 69.3 Å². The molecule has 0 unspecified atom stereocenters. The number of hydrogen-bond acceptors (Lipinski definition) is 2. The van der Waals surface area contributed by atoms with Crippen LogP contribution in [0.1, 0.15) is 35.2 Å². The average molecular weight is 339 g/mol. The van der Waals surface area contributed by atoms with Crippen LogP contribution in [0.15, 0.2) is 48.5 Å². The highest BCUT2D eigenvalue weighted by Crippen LogP contribution is 2.16. The first-order valence-electron chi connectivity index (χ1n) is 8.38. The number of carbonyl (C=O) groups excluding carboxylic acids is 2. The highest BCUT2D eigenvalue weighted by atomic mass is 16.2. The predicted octanol–water partition coefficient (Wildman–Crippen LogP) is 2.98. The molecule has 3 N–H and O–H groups in total. The molecule has 0 fully saturated rings. The van der Waals surface area contributed by atoms with Crippen LogP contribution in [0.2, 0.25) is 0 Å². The van der Waals surface area contributed by atoms with Gasteiger partial charge in [-0.3, -0.25) is 4.79 Å². The molecular weight excluding hydrogens is 314 g/mol. The summed E-state index contributed by atoms with van der Waals surface area (Å²) in [5.74, 6) is -0.221. The lowest BCUT2D eigenvalue weighted by molar-refractivity contribution is -0.120. The molecule has 2 aromatic rings. The van der Waals surface area contributed by atoms with Crippen molar-refractivity contribution < 1.29 is 9.59 Å². The molecule has 0 aliphatic carbocycles. The molecule has 5 nitrogen and oxygen atoms in total. The number of nitrogens with one attached hydrogen (secondary N) is 3. The fourth-order valence-corrected chi connectivity index (χ4v) is 2.55. The van der Waals surface area contributed by atoms with Crippen LogP contribution in [0, 0.1) is 13.8 Å². The van der Waals surface area contributed by atoms with Crippen LogP contribution in [-0.2, 0) is 11.3 Å². The summed E-state index contributed by atoms with van der Waals surface area (Å²) in [4.78, 5) is 23.8. The van der Waals surface area contributed by atoms with Gasteiger partial charge in [-0.1, -0.05) is 54.1 Å². The molecule has 0 saturated carbocycles. The molecule has 0 bridgehead atoms. The molecule has 0 radical (unpaired) electrons. The van der Waals surface area contributed by atoms with Crippen LogP contribution in [-0.4, -0.2) is 18.5 Å². The summed E-state index contributed by atoms with van der Waals surface area (Å²) in [6, 6.07) is 15.4. The summed E-state index contributed by atoms with van der Waals surface area (Å²) in [5, 5.41) is 8.20. The highest BCUT2D eigenvalue weighted by molar-refractivity contribution is 5.84. The van der Waals surface area contributed by atoms with Crippen LogP contribution in [0.5, 0.6) is 0 Å². The van der Waals surface area contributed by atoms with Gasteiger partial charge in [0.25, 0.3) is 0 Å². The number of carbonyl (C=O) groups is 2. The minimum absolute atomic E-state index is 0.0596. The molecule has 0 aromatic heterocycles. The lowest BCUT2D eigenvalue weighted by Crippen LogP contribution is -2.42. The van der Waals surface area contributed by atoms with Gasteiger partial charge >= 0.3 is 6.03 Å². The number of rotatable bonds is 6. The van der Waals surface area contributed by atoms with Crippen molar-refractivity contribution in [1.82, 2.24) is 16.0 Å². The average Bonchev–Trinajstić information content (AvgIpc) is 2.59. The Labute approximate surface area is 148 Å². The summed E-state index contributed by atoms with van der Waals surface area (Å²) < 4.78 is 0. The normalized spacial score (nSPS) is 11.5. The Bertz CT molecular complexity index is 726. The highest BCUT2D eigenvalue weighted by Gasteiger charge is 2.12. The monoisotopic (exact) mass is 339 g/mol. The molecule has 25 heavy (non-hydrogen) atoms. The Morgan fingerprint density at radius 2 is 1.64 bits per heavy atom. The third-order valence-corrected chi connectivity index (χ3v) is 4.02. The maximum atomic E-state index is 12.0. The van der Waals surface area contributed by atoms with Gasteiger partial charge < -0.3 is 16.0 Å². The SMILES string of the molecule is Cc1ccc(CNC(=O)NCC(=O)N[C@H](C)c2ccccc2C)cc1. The molecule has 0 aliphatic heterocycles. The molecule has 0 heterocycles. The third kappa shape index (κ3) is 5.95. The molecule has 1 atom stereocenters. The molecule has 5 heteroatoms. The van der Waals surface area contributed by atoms with E-state index in [9.17, 15) is 9.59 Å². The lowest BCUT2D eigenvalue weighted by atomic mass is 10.0. The van der Waals surface area contributed by atoms with Crippen LogP contribution in [0.4, 0.5) is 4.79 Å². The minimum atomic E-state index is -0.362. The van der Waals surface area contributed by atoms with Gasteiger partial charge in [-0.25, -0.2) is 4.79 Å². The Morgan fingerprint density at radius 3 is 2.32 bits per heavy atom. The topological polar surface area (TPSA) is 70.2 Å². The summed E-state index contributed by atoms with van der Waals surface area (Å²) in [5.41, 5.74) is 4.38. The maximum Gasteiger partial charge on any atom is 0.315 e. The summed E-state index contributed by atoms with van der Waals surface area (Å²) in [6.07, 6.45) is 0. The van der Waals surface area contributed by atoms with Crippen molar-refractivity contribution in [1.29, 1.82) is 0 Å². The zero-order valence-corrected chi connectivity index (χ0v) is 14.9. The van der Waals surface area contributed by atoms with E-state index < -0.39 is 0 Å². The zero-order chi connectivity index (χ0) is 18.2. The number of hydrogen-bond donors (Lipinski definition) is 3. The van der Waals surface area contributed by atoms with Crippen LogP contribution in [0.25, 0.3) is 0 Å². The quantitative estimate of drug-likeness (QED) is 0.757. The van der Waals surface area contributed by atoms with E-state index in [0.29, 0.717) is 6.54 Å². The summed E-state index contributed by atoms with van der Waals surface area (Å²) in [6.45, 7) is 6.32. The Kier molecular flexibility index (Phi) is 6.57. The largest absolute Gasteiger partial charge is 0.348 e. The predicted molar refractivity (Wildman–Crippen MR) is 99.2 cm³/mol. The first-order chi connectivity index (χ1) is 12.0. The standard InChI is InChI=1S/C20H25N3O2/c1-14-8-10-17(11-9-14)12-21-20(25)22-13-19(24)23-16(3)18-7-5-4-6-15(18)2/h4-11,16H,12-13H2,1-3H3,(H,23,24)(H2,21,22,25)/t16-/m1/s1. The van der Waals surface area contributed by atoms with Crippen LogP contribution in [0.3, 0.4) is 0 Å². The van der Waals surface area contributed by atoms with Gasteiger partial charge in [-0.05, 0) is 37.5 Å². The van der Waals surface area contributed by atoms with Gasteiger partial charge in [0.2, 0.25) is 5.91 Å². The van der Waals surface area contributed by atoms with Gasteiger partial charge in [0.1, 0.15) is 0 Å². The van der Waals surface area contributed by atoms with Gasteiger partial charge in [-0.15, -0.1) is 0 Å². The van der Waals surface area contributed by atoms with E-state index >= 15 is 0 Å².